The quantitative estimate of drug-likeness (QED) is 0.371. The van der Waals surface area contributed by atoms with Crippen LogP contribution >= 0.6 is 0 Å². The highest BCUT2D eigenvalue weighted by molar-refractivity contribution is 5.89. The Morgan fingerprint density at radius 1 is 0.967 bits per heavy atom. The van der Waals surface area contributed by atoms with Gasteiger partial charge in [-0.2, -0.15) is 0 Å². The third-order valence-electron chi connectivity index (χ3n) is 3.99. The van der Waals surface area contributed by atoms with Crippen molar-refractivity contribution in [1.29, 1.82) is 0 Å². The summed E-state index contributed by atoms with van der Waals surface area (Å²) >= 11 is 0. The molecule has 7 nitrogen and oxygen atoms in total. The molecule has 3 N–H and O–H groups in total. The van der Waals surface area contributed by atoms with Crippen LogP contribution in [0.1, 0.15) is 42.3 Å². The zero-order chi connectivity index (χ0) is 22.0. The van der Waals surface area contributed by atoms with Crippen LogP contribution in [0.25, 0.3) is 0 Å². The topological polar surface area (TPSA) is 91.8 Å². The zero-order valence-corrected chi connectivity index (χ0v) is 18.0. The van der Waals surface area contributed by atoms with Gasteiger partial charge in [-0.3, -0.25) is 9.79 Å². The molecule has 0 radical (unpaired) electrons. The summed E-state index contributed by atoms with van der Waals surface area (Å²) in [5.41, 5.74) is 2.03. The van der Waals surface area contributed by atoms with E-state index in [2.05, 4.69) is 20.9 Å². The molecule has 0 unspecified atom stereocenters. The first-order chi connectivity index (χ1) is 14.3. The zero-order valence-electron chi connectivity index (χ0n) is 18.0. The van der Waals surface area contributed by atoms with Crippen LogP contribution in [-0.2, 0) is 22.7 Å². The van der Waals surface area contributed by atoms with Crippen molar-refractivity contribution < 1.29 is 14.3 Å². The number of ether oxygens (including phenoxy) is 1. The van der Waals surface area contributed by atoms with Gasteiger partial charge in [-0.1, -0.05) is 42.5 Å². The molecule has 0 saturated carbocycles. The van der Waals surface area contributed by atoms with E-state index >= 15 is 0 Å². The van der Waals surface area contributed by atoms with Crippen molar-refractivity contribution in [3.05, 3.63) is 71.3 Å². The van der Waals surface area contributed by atoms with Gasteiger partial charge in [0.2, 0.25) is 5.91 Å². The minimum atomic E-state index is -0.373. The molecular weight excluding hydrogens is 380 g/mol. The van der Waals surface area contributed by atoms with Crippen LogP contribution in [0.5, 0.6) is 0 Å². The van der Waals surface area contributed by atoms with Crippen LogP contribution in [0.2, 0.25) is 0 Å². The molecule has 30 heavy (non-hydrogen) atoms. The average molecular weight is 411 g/mol. The molecule has 0 aliphatic rings. The fourth-order valence-corrected chi connectivity index (χ4v) is 2.65. The highest BCUT2D eigenvalue weighted by atomic mass is 16.5. The highest BCUT2D eigenvalue weighted by Crippen LogP contribution is 2.09. The van der Waals surface area contributed by atoms with E-state index in [1.807, 2.05) is 63.2 Å². The monoisotopic (exact) mass is 410 g/mol. The molecule has 0 atom stereocenters. The van der Waals surface area contributed by atoms with E-state index in [-0.39, 0.29) is 30.6 Å². The van der Waals surface area contributed by atoms with Crippen molar-refractivity contribution in [1.82, 2.24) is 16.0 Å². The van der Waals surface area contributed by atoms with E-state index < -0.39 is 0 Å². The molecule has 2 rings (SSSR count). The van der Waals surface area contributed by atoms with Crippen molar-refractivity contribution >= 4 is 17.8 Å². The van der Waals surface area contributed by atoms with Crippen LogP contribution in [0, 0.1) is 0 Å². The van der Waals surface area contributed by atoms with Crippen LogP contribution in [0.3, 0.4) is 0 Å². The second kappa shape index (κ2) is 11.0. The second-order valence-corrected chi connectivity index (χ2v) is 7.84. The lowest BCUT2D eigenvalue weighted by molar-refractivity contribution is -0.121. The molecular formula is C23H30N4O3. The maximum Gasteiger partial charge on any atom is 0.338 e. The first-order valence-corrected chi connectivity index (χ1v) is 9.82. The predicted molar refractivity (Wildman–Crippen MR) is 118 cm³/mol. The van der Waals surface area contributed by atoms with Gasteiger partial charge in [-0.25, -0.2) is 4.79 Å². The number of hydrogen-bond acceptors (Lipinski definition) is 4. The molecule has 0 spiro atoms. The molecule has 0 bridgehead atoms. The predicted octanol–water partition coefficient (Wildman–Crippen LogP) is 2.62. The molecule has 7 heteroatoms. The summed E-state index contributed by atoms with van der Waals surface area (Å²) in [6.07, 6.45) is 0. The molecule has 1 amide bonds. The molecule has 0 saturated heterocycles. The van der Waals surface area contributed by atoms with Gasteiger partial charge in [-0.05, 0) is 44.0 Å². The lowest BCUT2D eigenvalue weighted by atomic mass is 10.1. The smallest absolute Gasteiger partial charge is 0.338 e. The fourth-order valence-electron chi connectivity index (χ4n) is 2.65. The van der Waals surface area contributed by atoms with E-state index in [0.29, 0.717) is 18.1 Å². The Balaban J connectivity index is 1.85. The number of esters is 1. The minimum Gasteiger partial charge on any atom is -0.457 e. The van der Waals surface area contributed by atoms with Gasteiger partial charge in [0.1, 0.15) is 6.61 Å². The molecule has 0 aliphatic heterocycles. The summed E-state index contributed by atoms with van der Waals surface area (Å²) in [5.74, 6) is 0.00628. The largest absolute Gasteiger partial charge is 0.457 e. The van der Waals surface area contributed by atoms with E-state index in [9.17, 15) is 9.59 Å². The number of guanidine groups is 1. The summed E-state index contributed by atoms with van der Waals surface area (Å²) in [6, 6.07) is 16.8. The Labute approximate surface area is 177 Å². The summed E-state index contributed by atoms with van der Waals surface area (Å²) in [5, 5.41) is 8.99. The van der Waals surface area contributed by atoms with Crippen LogP contribution < -0.4 is 16.0 Å². The van der Waals surface area contributed by atoms with Crippen molar-refractivity contribution in [2.45, 2.75) is 39.5 Å². The van der Waals surface area contributed by atoms with Gasteiger partial charge in [0.05, 0.1) is 12.1 Å². The molecule has 0 aromatic heterocycles. The minimum absolute atomic E-state index is 0.114. The number of nitrogens with one attached hydrogen (secondary N) is 3. The highest BCUT2D eigenvalue weighted by Gasteiger charge is 2.14. The first-order valence-electron chi connectivity index (χ1n) is 9.82. The number of benzene rings is 2. The molecule has 160 valence electrons. The Hall–Kier alpha value is -3.35. The standard InChI is InChI=1S/C23H30N4O3/c1-23(2,3)27-20(28)15-26-22(24-4)25-14-18-11-8-12-19(13-18)21(29)30-16-17-9-6-5-7-10-17/h5-13H,14-16H2,1-4H3,(H,27,28)(H2,24,25,26). The van der Waals surface area contributed by atoms with Gasteiger partial charge in [0.15, 0.2) is 5.96 Å². The van der Waals surface area contributed by atoms with E-state index in [1.54, 1.807) is 19.2 Å². The summed E-state index contributed by atoms with van der Waals surface area (Å²) in [4.78, 5) is 28.4. The van der Waals surface area contributed by atoms with Gasteiger partial charge < -0.3 is 20.7 Å². The van der Waals surface area contributed by atoms with Crippen molar-refractivity contribution in [3.8, 4) is 0 Å². The van der Waals surface area contributed by atoms with E-state index in [4.69, 9.17) is 4.74 Å². The number of amides is 1. The average Bonchev–Trinajstić information content (AvgIpc) is 2.72. The van der Waals surface area contributed by atoms with Crippen LogP contribution in [-0.4, -0.2) is 37.0 Å². The van der Waals surface area contributed by atoms with Gasteiger partial charge in [0.25, 0.3) is 0 Å². The molecule has 2 aromatic carbocycles. The Morgan fingerprint density at radius 2 is 1.67 bits per heavy atom. The Bertz CT molecular complexity index is 874. The number of hydrogen-bond donors (Lipinski definition) is 3. The van der Waals surface area contributed by atoms with Gasteiger partial charge in [0, 0.05) is 19.1 Å². The SMILES string of the molecule is CN=C(NCC(=O)NC(C)(C)C)NCc1cccc(C(=O)OCc2ccccc2)c1. The summed E-state index contributed by atoms with van der Waals surface area (Å²) < 4.78 is 5.38. The summed E-state index contributed by atoms with van der Waals surface area (Å²) in [7, 11) is 1.63. The van der Waals surface area contributed by atoms with Crippen LogP contribution in [0.4, 0.5) is 0 Å². The number of carbonyl (C=O) groups excluding carboxylic acids is 2. The van der Waals surface area contributed by atoms with E-state index in [1.165, 1.54) is 0 Å². The van der Waals surface area contributed by atoms with Gasteiger partial charge >= 0.3 is 5.97 Å². The first kappa shape index (κ1) is 22.9. The second-order valence-electron chi connectivity index (χ2n) is 7.84. The molecule has 0 fully saturated rings. The maximum absolute atomic E-state index is 12.3. The third kappa shape index (κ3) is 8.34. The summed E-state index contributed by atoms with van der Waals surface area (Å²) in [6.45, 7) is 6.57. The molecule has 2 aromatic rings. The molecule has 0 aliphatic carbocycles. The van der Waals surface area contributed by atoms with Crippen LogP contribution in [0.15, 0.2) is 59.6 Å². The normalized spacial score (nSPS) is 11.5. The van der Waals surface area contributed by atoms with Crippen molar-refractivity contribution in [2.75, 3.05) is 13.6 Å². The number of carbonyl (C=O) groups is 2. The van der Waals surface area contributed by atoms with Crippen molar-refractivity contribution in [2.24, 2.45) is 4.99 Å². The maximum atomic E-state index is 12.3. The lowest BCUT2D eigenvalue weighted by Gasteiger charge is -2.21. The van der Waals surface area contributed by atoms with Crippen molar-refractivity contribution in [3.63, 3.8) is 0 Å². The number of nitrogens with zero attached hydrogens (tertiary/aromatic N) is 1. The third-order valence-corrected chi connectivity index (χ3v) is 3.99. The Morgan fingerprint density at radius 3 is 2.33 bits per heavy atom. The number of rotatable bonds is 7. The fraction of sp³-hybridized carbons (Fsp3) is 0.348. The Kier molecular flexibility index (Phi) is 8.41. The lowest BCUT2D eigenvalue weighted by Crippen LogP contribution is -2.48. The van der Waals surface area contributed by atoms with E-state index in [0.717, 1.165) is 11.1 Å². The molecule has 0 heterocycles. The van der Waals surface area contributed by atoms with Gasteiger partial charge in [-0.15, -0.1) is 0 Å². The number of aliphatic imine (C=N–C) groups is 1.